The molecule has 2 saturated heterocycles. The molecule has 0 radical (unpaired) electrons. The van der Waals surface area contributed by atoms with E-state index in [1.165, 1.54) is 16.7 Å². The molecule has 0 aliphatic carbocycles. The number of benzene rings is 2. The summed E-state index contributed by atoms with van der Waals surface area (Å²) in [6.07, 6.45) is 2.51. The van der Waals surface area contributed by atoms with Crippen molar-refractivity contribution in [1.29, 1.82) is 0 Å². The number of likely N-dealkylation sites (tertiary alicyclic amines) is 1. The molecule has 2 aliphatic rings. The molecule has 10 heteroatoms. The van der Waals surface area contributed by atoms with Crippen LogP contribution in [-0.2, 0) is 27.5 Å². The summed E-state index contributed by atoms with van der Waals surface area (Å²) in [5.41, 5.74) is 3.09. The Balaban J connectivity index is 1.19. The van der Waals surface area contributed by atoms with Crippen LogP contribution in [0.15, 0.2) is 84.0 Å². The number of aromatic nitrogens is 1. The van der Waals surface area contributed by atoms with Gasteiger partial charge in [-0.2, -0.15) is 0 Å². The van der Waals surface area contributed by atoms with E-state index < -0.39 is 17.4 Å². The van der Waals surface area contributed by atoms with Crippen LogP contribution < -0.4 is 5.32 Å². The number of carbonyl (C=O) groups is 3. The Morgan fingerprint density at radius 3 is 2.56 bits per heavy atom. The van der Waals surface area contributed by atoms with Gasteiger partial charge in [-0.25, -0.2) is 4.79 Å². The van der Waals surface area contributed by atoms with Gasteiger partial charge in [-0.05, 0) is 48.2 Å². The molecule has 0 saturated carbocycles. The Hall–Kier alpha value is -4.18. The molecule has 2 fully saturated rings. The summed E-state index contributed by atoms with van der Waals surface area (Å²) in [7, 11) is 1.67. The van der Waals surface area contributed by atoms with Gasteiger partial charge in [-0.15, -0.1) is 0 Å². The number of rotatable bonds is 7. The fourth-order valence-corrected chi connectivity index (χ4v) is 5.78. The number of anilines is 1. The smallest absolute Gasteiger partial charge is 0.410 e. The first-order chi connectivity index (χ1) is 19.0. The molecular weight excluding hydrogens is 514 g/mol. The molecule has 200 valence electrons. The minimum Gasteiger partial charge on any atom is -0.445 e. The summed E-state index contributed by atoms with van der Waals surface area (Å²) in [5, 5.41) is 3.13. The number of nitrogens with zero attached hydrogens (tertiary/aromatic N) is 4. The standard InChI is InChI=1S/C29H29N5O4S/c1-30-28-34(18-23-10-5-6-16-31-23)27(36)25(39-28)21-12-14-22(15-13-21)32-26(35)24-11-7-17-33(24)29(37)38-19-20-8-3-2-4-9-20/h2-6,8-10,12-16,24-25H,7,11,17-19H2,1H3,(H,32,35)/t24-,25?/m1/s1. The highest BCUT2D eigenvalue weighted by molar-refractivity contribution is 8.15. The summed E-state index contributed by atoms with van der Waals surface area (Å²) in [6, 6.07) is 21.7. The third kappa shape index (κ3) is 6.12. The molecule has 9 nitrogen and oxygen atoms in total. The van der Waals surface area contributed by atoms with E-state index in [1.807, 2.05) is 60.7 Å². The number of nitrogens with one attached hydrogen (secondary N) is 1. The zero-order valence-electron chi connectivity index (χ0n) is 21.5. The topological polar surface area (TPSA) is 104 Å². The van der Waals surface area contributed by atoms with Gasteiger partial charge in [-0.1, -0.05) is 60.3 Å². The van der Waals surface area contributed by atoms with Gasteiger partial charge in [0, 0.05) is 25.5 Å². The predicted molar refractivity (Wildman–Crippen MR) is 150 cm³/mol. The molecule has 1 unspecified atom stereocenters. The molecule has 2 aliphatic heterocycles. The molecule has 1 N–H and O–H groups in total. The zero-order chi connectivity index (χ0) is 27.2. The maximum Gasteiger partial charge on any atom is 0.410 e. The van der Waals surface area contributed by atoms with Gasteiger partial charge in [-0.3, -0.25) is 29.4 Å². The van der Waals surface area contributed by atoms with E-state index >= 15 is 0 Å². The molecule has 2 aromatic carbocycles. The van der Waals surface area contributed by atoms with Gasteiger partial charge in [0.1, 0.15) is 17.9 Å². The van der Waals surface area contributed by atoms with E-state index in [0.717, 1.165) is 23.2 Å². The van der Waals surface area contributed by atoms with Crippen molar-refractivity contribution in [2.75, 3.05) is 18.9 Å². The maximum atomic E-state index is 13.2. The van der Waals surface area contributed by atoms with Crippen molar-refractivity contribution in [3.8, 4) is 0 Å². The van der Waals surface area contributed by atoms with E-state index in [2.05, 4.69) is 15.3 Å². The zero-order valence-corrected chi connectivity index (χ0v) is 22.3. The monoisotopic (exact) mass is 543 g/mol. The average molecular weight is 544 g/mol. The van der Waals surface area contributed by atoms with Gasteiger partial charge in [0.2, 0.25) is 11.8 Å². The SMILES string of the molecule is CN=C1SC(c2ccc(NC(=O)[C@H]3CCCN3C(=O)OCc3ccccc3)cc2)C(=O)N1Cc1ccccn1. The van der Waals surface area contributed by atoms with Crippen molar-refractivity contribution in [2.45, 2.75) is 37.3 Å². The summed E-state index contributed by atoms with van der Waals surface area (Å²) in [4.78, 5) is 50.7. The van der Waals surface area contributed by atoms with Crippen LogP contribution in [0.1, 0.15) is 34.9 Å². The Labute approximate surface area is 231 Å². The highest BCUT2D eigenvalue weighted by Gasteiger charge is 2.39. The fourth-order valence-electron chi connectivity index (χ4n) is 4.67. The van der Waals surface area contributed by atoms with E-state index in [-0.39, 0.29) is 18.4 Å². The minimum atomic E-state index is -0.594. The lowest BCUT2D eigenvalue weighted by atomic mass is 10.1. The molecule has 39 heavy (non-hydrogen) atoms. The van der Waals surface area contributed by atoms with Gasteiger partial charge in [0.15, 0.2) is 5.17 Å². The maximum absolute atomic E-state index is 13.2. The Kier molecular flexibility index (Phi) is 8.21. The molecule has 0 bridgehead atoms. The third-order valence-corrected chi connectivity index (χ3v) is 7.98. The van der Waals surface area contributed by atoms with Crippen molar-refractivity contribution in [3.05, 3.63) is 95.8 Å². The van der Waals surface area contributed by atoms with E-state index in [9.17, 15) is 14.4 Å². The van der Waals surface area contributed by atoms with Gasteiger partial charge in [0.05, 0.1) is 12.2 Å². The minimum absolute atomic E-state index is 0.0568. The summed E-state index contributed by atoms with van der Waals surface area (Å²) in [5.74, 6) is -0.316. The lowest BCUT2D eigenvalue weighted by molar-refractivity contribution is -0.126. The largest absolute Gasteiger partial charge is 0.445 e. The molecule has 0 spiro atoms. The summed E-state index contributed by atoms with van der Waals surface area (Å²) in [6.45, 7) is 0.991. The number of amides is 3. The van der Waals surface area contributed by atoms with Crippen LogP contribution in [0.5, 0.6) is 0 Å². The molecular formula is C29H29N5O4S. The van der Waals surface area contributed by atoms with Crippen LogP contribution in [0.3, 0.4) is 0 Å². The molecule has 2 atom stereocenters. The van der Waals surface area contributed by atoms with Crippen molar-refractivity contribution < 1.29 is 19.1 Å². The number of pyridine rings is 1. The van der Waals surface area contributed by atoms with E-state index in [0.29, 0.717) is 30.4 Å². The van der Waals surface area contributed by atoms with Crippen LogP contribution in [-0.4, -0.2) is 57.5 Å². The number of thioether (sulfide) groups is 1. The summed E-state index contributed by atoms with van der Waals surface area (Å²) >= 11 is 1.40. The van der Waals surface area contributed by atoms with Crippen LogP contribution in [0.2, 0.25) is 0 Å². The van der Waals surface area contributed by atoms with Crippen LogP contribution in [0, 0.1) is 0 Å². The van der Waals surface area contributed by atoms with Crippen molar-refractivity contribution in [1.82, 2.24) is 14.8 Å². The fraction of sp³-hybridized carbons (Fsp3) is 0.276. The lowest BCUT2D eigenvalue weighted by Crippen LogP contribution is -2.43. The van der Waals surface area contributed by atoms with Crippen LogP contribution in [0.4, 0.5) is 10.5 Å². The second-order valence-electron chi connectivity index (χ2n) is 9.25. The first-order valence-corrected chi connectivity index (χ1v) is 13.6. The number of ether oxygens (including phenoxy) is 1. The highest BCUT2D eigenvalue weighted by atomic mass is 32.2. The van der Waals surface area contributed by atoms with E-state index in [1.54, 1.807) is 30.3 Å². The van der Waals surface area contributed by atoms with Crippen molar-refractivity contribution >= 4 is 40.5 Å². The second-order valence-corrected chi connectivity index (χ2v) is 10.3. The van der Waals surface area contributed by atoms with E-state index in [4.69, 9.17) is 4.74 Å². The third-order valence-electron chi connectivity index (χ3n) is 6.66. The Morgan fingerprint density at radius 2 is 1.85 bits per heavy atom. The molecule has 3 amide bonds. The molecule has 3 heterocycles. The Morgan fingerprint density at radius 1 is 1.08 bits per heavy atom. The number of hydrogen-bond acceptors (Lipinski definition) is 7. The molecule has 3 aromatic rings. The molecule has 1 aromatic heterocycles. The average Bonchev–Trinajstić information content (AvgIpc) is 3.59. The first-order valence-electron chi connectivity index (χ1n) is 12.8. The van der Waals surface area contributed by atoms with Crippen molar-refractivity contribution in [2.24, 2.45) is 4.99 Å². The van der Waals surface area contributed by atoms with Gasteiger partial charge in [0.25, 0.3) is 0 Å². The second kappa shape index (κ2) is 12.1. The number of carbonyl (C=O) groups excluding carboxylic acids is 3. The first kappa shape index (κ1) is 26.4. The van der Waals surface area contributed by atoms with Gasteiger partial charge >= 0.3 is 6.09 Å². The van der Waals surface area contributed by atoms with Gasteiger partial charge < -0.3 is 10.1 Å². The quantitative estimate of drug-likeness (QED) is 0.466. The number of aliphatic imine (C=N–C) groups is 1. The van der Waals surface area contributed by atoms with Crippen molar-refractivity contribution in [3.63, 3.8) is 0 Å². The number of hydrogen-bond donors (Lipinski definition) is 1. The number of amidine groups is 1. The normalized spacial score (nSPS) is 19.9. The lowest BCUT2D eigenvalue weighted by Gasteiger charge is -2.23. The van der Waals surface area contributed by atoms with Crippen LogP contribution in [0.25, 0.3) is 0 Å². The Bertz CT molecular complexity index is 1350. The highest BCUT2D eigenvalue weighted by Crippen LogP contribution is 2.40. The predicted octanol–water partition coefficient (Wildman–Crippen LogP) is 4.62. The molecule has 5 rings (SSSR count). The summed E-state index contributed by atoms with van der Waals surface area (Å²) < 4.78 is 5.44. The van der Waals surface area contributed by atoms with Crippen LogP contribution >= 0.6 is 11.8 Å².